The lowest BCUT2D eigenvalue weighted by Gasteiger charge is -2.25. The molecule has 0 bridgehead atoms. The summed E-state index contributed by atoms with van der Waals surface area (Å²) in [6.45, 7) is 7.44. The maximum absolute atomic E-state index is 4.45. The topological polar surface area (TPSA) is 36.7 Å². The Morgan fingerprint density at radius 1 is 1.00 bits per heavy atom. The minimum absolute atomic E-state index is 0.947. The van der Waals surface area contributed by atoms with Gasteiger partial charge in [0.15, 0.2) is 0 Å². The first-order chi connectivity index (χ1) is 11.8. The molecule has 0 amide bonds. The lowest BCUT2D eigenvalue weighted by atomic mass is 10.2. The van der Waals surface area contributed by atoms with Crippen LogP contribution >= 0.6 is 0 Å². The molecule has 0 unspecified atom stereocenters. The number of rotatable bonds is 3. The Labute approximate surface area is 142 Å². The minimum atomic E-state index is 0.947. The van der Waals surface area contributed by atoms with Crippen molar-refractivity contribution in [2.24, 2.45) is 0 Å². The van der Waals surface area contributed by atoms with E-state index in [4.69, 9.17) is 0 Å². The van der Waals surface area contributed by atoms with E-state index in [1.54, 1.807) is 0 Å². The highest BCUT2D eigenvalue weighted by molar-refractivity contribution is 5.51. The second-order valence-electron chi connectivity index (χ2n) is 6.46. The van der Waals surface area contributed by atoms with Crippen LogP contribution in [-0.4, -0.2) is 45.7 Å². The zero-order valence-electron chi connectivity index (χ0n) is 14.1. The van der Waals surface area contributed by atoms with Gasteiger partial charge in [-0.3, -0.25) is 9.88 Å². The fraction of sp³-hybridized carbons (Fsp3) is 0.368. The maximum atomic E-state index is 4.45. The number of hydrogen-bond acceptors (Lipinski definition) is 4. The summed E-state index contributed by atoms with van der Waals surface area (Å²) >= 11 is 0. The third-order valence-electron chi connectivity index (χ3n) is 4.81. The third-order valence-corrected chi connectivity index (χ3v) is 4.81. The summed E-state index contributed by atoms with van der Waals surface area (Å²) in [5.74, 6) is 0. The van der Waals surface area contributed by atoms with E-state index in [1.165, 1.54) is 23.4 Å². The van der Waals surface area contributed by atoms with Crippen LogP contribution in [0.4, 0.5) is 5.69 Å². The molecular weight excluding hydrogens is 298 g/mol. The van der Waals surface area contributed by atoms with E-state index in [0.29, 0.717) is 0 Å². The van der Waals surface area contributed by atoms with Crippen molar-refractivity contribution in [1.82, 2.24) is 19.5 Å². The highest BCUT2D eigenvalue weighted by Crippen LogP contribution is 2.20. The smallest absolute Gasteiger partial charge is 0.0665 e. The lowest BCUT2D eigenvalue weighted by Crippen LogP contribution is -2.31. The Hall–Kier alpha value is -2.40. The Morgan fingerprint density at radius 3 is 2.88 bits per heavy atom. The van der Waals surface area contributed by atoms with Gasteiger partial charge in [0, 0.05) is 57.0 Å². The molecule has 124 valence electrons. The zero-order valence-corrected chi connectivity index (χ0v) is 14.1. The van der Waals surface area contributed by atoms with E-state index in [2.05, 4.69) is 61.7 Å². The maximum Gasteiger partial charge on any atom is 0.0665 e. The van der Waals surface area contributed by atoms with Crippen molar-refractivity contribution in [3.8, 4) is 0 Å². The first kappa shape index (κ1) is 15.1. The van der Waals surface area contributed by atoms with Gasteiger partial charge in [0.05, 0.1) is 11.2 Å². The molecule has 0 N–H and O–H groups in total. The van der Waals surface area contributed by atoms with Crippen LogP contribution < -0.4 is 4.90 Å². The number of aryl methyl sites for hydroxylation is 1. The molecule has 0 saturated carbocycles. The van der Waals surface area contributed by atoms with Gasteiger partial charge < -0.3 is 4.90 Å². The normalized spacial score (nSPS) is 16.5. The van der Waals surface area contributed by atoms with E-state index in [-0.39, 0.29) is 0 Å². The standard InChI is InChI=1S/C19H23N5/c1-16-14-20-8-7-19(16)23-11-3-10-22(12-13-23)15-18-5-2-4-17-6-9-21-24(17)18/h2,4-9,14H,3,10-13,15H2,1H3. The average molecular weight is 321 g/mol. The molecule has 0 aromatic carbocycles. The van der Waals surface area contributed by atoms with Crippen LogP contribution in [0, 0.1) is 6.92 Å². The number of fused-ring (bicyclic) bond motifs is 1. The van der Waals surface area contributed by atoms with Crippen molar-refractivity contribution in [2.45, 2.75) is 19.9 Å². The lowest BCUT2D eigenvalue weighted by molar-refractivity contribution is 0.280. The average Bonchev–Trinajstić information content (AvgIpc) is 2.97. The zero-order chi connectivity index (χ0) is 16.4. The molecule has 3 aromatic heterocycles. The SMILES string of the molecule is Cc1cnccc1N1CCCN(Cc2cccc3ccnn23)CC1. The van der Waals surface area contributed by atoms with Gasteiger partial charge in [-0.25, -0.2) is 4.52 Å². The molecule has 5 nitrogen and oxygen atoms in total. The number of aromatic nitrogens is 3. The van der Waals surface area contributed by atoms with E-state index in [1.807, 2.05) is 18.6 Å². The molecule has 1 aliphatic heterocycles. The van der Waals surface area contributed by atoms with E-state index >= 15 is 0 Å². The number of hydrogen-bond donors (Lipinski definition) is 0. The van der Waals surface area contributed by atoms with Gasteiger partial charge in [0.25, 0.3) is 0 Å². The molecule has 0 radical (unpaired) electrons. The molecule has 4 rings (SSSR count). The predicted octanol–water partition coefficient (Wildman–Crippen LogP) is 2.75. The second kappa shape index (κ2) is 6.61. The highest BCUT2D eigenvalue weighted by atomic mass is 15.3. The van der Waals surface area contributed by atoms with Crippen molar-refractivity contribution in [3.05, 3.63) is 60.2 Å². The molecule has 3 aromatic rings. The Kier molecular flexibility index (Phi) is 4.17. The van der Waals surface area contributed by atoms with Crippen molar-refractivity contribution in [2.75, 3.05) is 31.1 Å². The second-order valence-corrected chi connectivity index (χ2v) is 6.46. The summed E-state index contributed by atoms with van der Waals surface area (Å²) in [7, 11) is 0. The third kappa shape index (κ3) is 2.99. The monoisotopic (exact) mass is 321 g/mol. The van der Waals surface area contributed by atoms with Gasteiger partial charge in [0.2, 0.25) is 0 Å². The van der Waals surface area contributed by atoms with E-state index in [0.717, 1.165) is 38.2 Å². The Morgan fingerprint density at radius 2 is 1.96 bits per heavy atom. The molecular formula is C19H23N5. The fourth-order valence-corrected chi connectivity index (χ4v) is 3.55. The van der Waals surface area contributed by atoms with Crippen LogP contribution in [-0.2, 0) is 6.54 Å². The van der Waals surface area contributed by atoms with Crippen LogP contribution in [0.2, 0.25) is 0 Å². The van der Waals surface area contributed by atoms with Gasteiger partial charge in [-0.1, -0.05) is 6.07 Å². The van der Waals surface area contributed by atoms with Gasteiger partial charge in [-0.15, -0.1) is 0 Å². The molecule has 1 fully saturated rings. The largest absolute Gasteiger partial charge is 0.370 e. The van der Waals surface area contributed by atoms with Crippen LogP contribution in [0.3, 0.4) is 0 Å². The van der Waals surface area contributed by atoms with E-state index < -0.39 is 0 Å². The molecule has 0 spiro atoms. The van der Waals surface area contributed by atoms with Gasteiger partial charge >= 0.3 is 0 Å². The molecule has 1 aliphatic rings. The summed E-state index contributed by atoms with van der Waals surface area (Å²) in [4.78, 5) is 9.24. The number of nitrogens with zero attached hydrogens (tertiary/aromatic N) is 5. The summed E-state index contributed by atoms with van der Waals surface area (Å²) in [6.07, 6.45) is 6.89. The van der Waals surface area contributed by atoms with Gasteiger partial charge in [0.1, 0.15) is 0 Å². The summed E-state index contributed by atoms with van der Waals surface area (Å²) in [5.41, 5.74) is 5.00. The number of anilines is 1. The van der Waals surface area contributed by atoms with Crippen LogP contribution in [0.1, 0.15) is 17.7 Å². The van der Waals surface area contributed by atoms with Crippen molar-refractivity contribution in [1.29, 1.82) is 0 Å². The quantitative estimate of drug-likeness (QED) is 0.743. The first-order valence-corrected chi connectivity index (χ1v) is 8.61. The van der Waals surface area contributed by atoms with Crippen LogP contribution in [0.15, 0.2) is 48.9 Å². The number of pyridine rings is 2. The van der Waals surface area contributed by atoms with Crippen molar-refractivity contribution in [3.63, 3.8) is 0 Å². The highest BCUT2D eigenvalue weighted by Gasteiger charge is 2.17. The molecule has 1 saturated heterocycles. The van der Waals surface area contributed by atoms with Crippen LogP contribution in [0.5, 0.6) is 0 Å². The summed E-state index contributed by atoms with van der Waals surface area (Å²) in [6, 6.07) is 10.6. The molecule has 5 heteroatoms. The van der Waals surface area contributed by atoms with Gasteiger partial charge in [-0.2, -0.15) is 5.10 Å². The van der Waals surface area contributed by atoms with Crippen LogP contribution in [0.25, 0.3) is 5.52 Å². The fourth-order valence-electron chi connectivity index (χ4n) is 3.55. The molecule has 0 atom stereocenters. The van der Waals surface area contributed by atoms with Gasteiger partial charge in [-0.05, 0) is 43.2 Å². The molecule has 4 heterocycles. The Balaban J connectivity index is 1.47. The minimum Gasteiger partial charge on any atom is -0.370 e. The summed E-state index contributed by atoms with van der Waals surface area (Å²) < 4.78 is 2.05. The van der Waals surface area contributed by atoms with E-state index in [9.17, 15) is 0 Å². The first-order valence-electron chi connectivity index (χ1n) is 8.61. The Bertz CT molecular complexity index is 825. The van der Waals surface area contributed by atoms with Crippen molar-refractivity contribution < 1.29 is 0 Å². The molecule has 0 aliphatic carbocycles. The predicted molar refractivity (Wildman–Crippen MR) is 96.3 cm³/mol. The van der Waals surface area contributed by atoms with Crippen molar-refractivity contribution >= 4 is 11.2 Å². The molecule has 24 heavy (non-hydrogen) atoms. The summed E-state index contributed by atoms with van der Waals surface area (Å²) in [5, 5.41) is 4.45.